The van der Waals surface area contributed by atoms with Gasteiger partial charge in [0.25, 0.3) is 0 Å². The molecule has 0 saturated heterocycles. The smallest absolute Gasteiger partial charge is 0.303 e. The highest BCUT2D eigenvalue weighted by Gasteiger charge is 2.25. The van der Waals surface area contributed by atoms with Crippen LogP contribution in [0.15, 0.2) is 36.4 Å². The van der Waals surface area contributed by atoms with Crippen molar-refractivity contribution in [3.63, 3.8) is 0 Å². The first-order valence-corrected chi connectivity index (χ1v) is 10.9. The first-order valence-electron chi connectivity index (χ1n) is 10.5. The zero-order chi connectivity index (χ0) is 21.5. The average molecular weight is 428 g/mol. The van der Waals surface area contributed by atoms with Gasteiger partial charge in [0, 0.05) is 18.9 Å². The van der Waals surface area contributed by atoms with Gasteiger partial charge in [-0.25, -0.2) is 0 Å². The number of benzene rings is 2. The molecule has 30 heavy (non-hydrogen) atoms. The highest BCUT2D eigenvalue weighted by Crippen LogP contribution is 2.36. The Morgan fingerprint density at radius 3 is 2.70 bits per heavy atom. The fraction of sp³-hybridized carbons (Fsp3) is 0.417. The molecular formula is C24H29NO4S. The van der Waals surface area contributed by atoms with Gasteiger partial charge in [-0.3, -0.25) is 4.79 Å². The van der Waals surface area contributed by atoms with Gasteiger partial charge in [0.05, 0.1) is 13.2 Å². The zero-order valence-corrected chi connectivity index (χ0v) is 18.4. The maximum Gasteiger partial charge on any atom is 0.303 e. The van der Waals surface area contributed by atoms with E-state index < -0.39 is 0 Å². The second-order valence-corrected chi connectivity index (χ2v) is 7.92. The van der Waals surface area contributed by atoms with Crippen molar-refractivity contribution in [1.82, 2.24) is 0 Å². The summed E-state index contributed by atoms with van der Waals surface area (Å²) in [5.41, 5.74) is 10.0. The molecule has 0 fully saturated rings. The third kappa shape index (κ3) is 5.72. The number of carbonyl (C=O) groups is 1. The van der Waals surface area contributed by atoms with Crippen LogP contribution >= 0.6 is 12.2 Å². The Labute approximate surface area is 183 Å². The number of ether oxygens (including phenoxy) is 3. The minimum absolute atomic E-state index is 0.128. The van der Waals surface area contributed by atoms with Crippen LogP contribution in [-0.2, 0) is 22.4 Å². The van der Waals surface area contributed by atoms with Crippen LogP contribution in [0.1, 0.15) is 61.5 Å². The Balaban J connectivity index is 1.48. The number of hydrogen-bond acceptors (Lipinski definition) is 5. The highest BCUT2D eigenvalue weighted by molar-refractivity contribution is 7.80. The van der Waals surface area contributed by atoms with E-state index in [0.717, 1.165) is 60.3 Å². The van der Waals surface area contributed by atoms with Crippen LogP contribution in [0, 0.1) is 0 Å². The maximum atomic E-state index is 11.2. The van der Waals surface area contributed by atoms with Crippen molar-refractivity contribution in [2.75, 3.05) is 13.2 Å². The summed E-state index contributed by atoms with van der Waals surface area (Å²) in [4.78, 5) is 11.6. The average Bonchev–Trinajstić information content (AvgIpc) is 3.10. The van der Waals surface area contributed by atoms with Gasteiger partial charge in [0.2, 0.25) is 0 Å². The zero-order valence-electron chi connectivity index (χ0n) is 17.6. The van der Waals surface area contributed by atoms with Gasteiger partial charge in [0.1, 0.15) is 22.6 Å². The predicted octanol–water partition coefficient (Wildman–Crippen LogP) is 4.67. The number of esters is 1. The van der Waals surface area contributed by atoms with Crippen molar-refractivity contribution < 1.29 is 19.0 Å². The topological polar surface area (TPSA) is 70.8 Å². The molecule has 0 saturated carbocycles. The first kappa shape index (κ1) is 22.1. The Bertz CT molecular complexity index is 912. The van der Waals surface area contributed by atoms with Gasteiger partial charge < -0.3 is 19.9 Å². The van der Waals surface area contributed by atoms with Gasteiger partial charge in [-0.1, -0.05) is 31.6 Å². The first-order chi connectivity index (χ1) is 14.5. The Kier molecular flexibility index (Phi) is 7.69. The van der Waals surface area contributed by atoms with E-state index in [-0.39, 0.29) is 12.1 Å². The second-order valence-electron chi connectivity index (χ2n) is 7.48. The van der Waals surface area contributed by atoms with Crippen molar-refractivity contribution in [3.8, 4) is 11.5 Å². The van der Waals surface area contributed by atoms with Crippen LogP contribution < -0.4 is 15.2 Å². The number of hydrogen-bond donors (Lipinski definition) is 1. The lowest BCUT2D eigenvalue weighted by molar-refractivity contribution is -0.146. The van der Waals surface area contributed by atoms with Crippen LogP contribution in [0.5, 0.6) is 11.5 Å². The lowest BCUT2D eigenvalue weighted by Gasteiger charge is -2.14. The Hall–Kier alpha value is -2.60. The van der Waals surface area contributed by atoms with E-state index in [1.807, 2.05) is 36.4 Å². The molecule has 2 aromatic rings. The Morgan fingerprint density at radius 1 is 1.17 bits per heavy atom. The number of fused-ring (bicyclic) bond motifs is 1. The molecule has 3 rings (SSSR count). The summed E-state index contributed by atoms with van der Waals surface area (Å²) in [5.74, 6) is 1.48. The quantitative estimate of drug-likeness (QED) is 0.337. The van der Waals surface area contributed by atoms with E-state index in [4.69, 9.17) is 32.2 Å². The molecule has 0 aromatic heterocycles. The standard InChI is InChI=1S/C24H29NO4S/c1-3-5-18-14-19(24(25)30)7-10-22(18)28-13-4-12-27-20-8-9-21-17(15-20)6-11-23(21)29-16(2)26/h7-10,14-15,23H,3-6,11-13H2,1-2H3,(H2,25,30)/t23-/m0/s1. The van der Waals surface area contributed by atoms with Crippen molar-refractivity contribution in [1.29, 1.82) is 0 Å². The van der Waals surface area contributed by atoms with Crippen molar-refractivity contribution in [3.05, 3.63) is 58.7 Å². The molecule has 0 bridgehead atoms. The molecular weight excluding hydrogens is 398 g/mol. The van der Waals surface area contributed by atoms with Gasteiger partial charge in [-0.15, -0.1) is 0 Å². The third-order valence-corrected chi connectivity index (χ3v) is 5.36. The van der Waals surface area contributed by atoms with E-state index in [0.29, 0.717) is 18.2 Å². The SMILES string of the molecule is CCCc1cc(C(N)=S)ccc1OCCCOc1ccc2c(c1)CC[C@@H]2OC(C)=O. The molecule has 5 nitrogen and oxygen atoms in total. The van der Waals surface area contributed by atoms with Crippen LogP contribution in [-0.4, -0.2) is 24.2 Å². The molecule has 1 aliphatic carbocycles. The molecule has 160 valence electrons. The molecule has 2 aromatic carbocycles. The van der Waals surface area contributed by atoms with Crippen LogP contribution in [0.2, 0.25) is 0 Å². The van der Waals surface area contributed by atoms with Crippen molar-refractivity contribution in [2.45, 2.75) is 52.1 Å². The van der Waals surface area contributed by atoms with E-state index >= 15 is 0 Å². The van der Waals surface area contributed by atoms with Crippen LogP contribution in [0.4, 0.5) is 0 Å². The minimum Gasteiger partial charge on any atom is -0.493 e. The monoisotopic (exact) mass is 427 g/mol. The molecule has 6 heteroatoms. The summed E-state index contributed by atoms with van der Waals surface area (Å²) in [6.45, 7) is 4.73. The fourth-order valence-corrected chi connectivity index (χ4v) is 3.86. The molecule has 0 aliphatic heterocycles. The summed E-state index contributed by atoms with van der Waals surface area (Å²) in [7, 11) is 0. The summed E-state index contributed by atoms with van der Waals surface area (Å²) < 4.78 is 17.2. The molecule has 2 N–H and O–H groups in total. The maximum absolute atomic E-state index is 11.2. The third-order valence-electron chi connectivity index (χ3n) is 5.12. The number of nitrogens with two attached hydrogens (primary N) is 1. The largest absolute Gasteiger partial charge is 0.493 e. The van der Waals surface area contributed by atoms with Gasteiger partial charge in [-0.05, 0) is 66.3 Å². The highest BCUT2D eigenvalue weighted by atomic mass is 32.1. The summed E-state index contributed by atoms with van der Waals surface area (Å²) in [6.07, 6.45) is 4.33. The summed E-state index contributed by atoms with van der Waals surface area (Å²) in [5, 5.41) is 0. The Morgan fingerprint density at radius 2 is 1.97 bits per heavy atom. The lowest BCUT2D eigenvalue weighted by Crippen LogP contribution is -2.11. The number of carbonyl (C=O) groups excluding carboxylic acids is 1. The summed E-state index contributed by atoms with van der Waals surface area (Å²) >= 11 is 5.07. The van der Waals surface area contributed by atoms with Crippen molar-refractivity contribution in [2.24, 2.45) is 5.73 Å². The van der Waals surface area contributed by atoms with E-state index in [2.05, 4.69) is 6.92 Å². The molecule has 0 amide bonds. The molecule has 1 aliphatic rings. The van der Waals surface area contributed by atoms with E-state index in [9.17, 15) is 4.79 Å². The van der Waals surface area contributed by atoms with Crippen LogP contribution in [0.25, 0.3) is 0 Å². The van der Waals surface area contributed by atoms with Gasteiger partial charge in [-0.2, -0.15) is 0 Å². The van der Waals surface area contributed by atoms with Crippen LogP contribution in [0.3, 0.4) is 0 Å². The van der Waals surface area contributed by atoms with Crippen molar-refractivity contribution >= 4 is 23.2 Å². The lowest BCUT2D eigenvalue weighted by atomic mass is 10.1. The predicted molar refractivity (Wildman–Crippen MR) is 121 cm³/mol. The van der Waals surface area contributed by atoms with Gasteiger partial charge in [0.15, 0.2) is 0 Å². The van der Waals surface area contributed by atoms with Gasteiger partial charge >= 0.3 is 5.97 Å². The molecule has 0 unspecified atom stereocenters. The van der Waals surface area contributed by atoms with E-state index in [1.54, 1.807) is 0 Å². The number of rotatable bonds is 10. The molecule has 0 spiro atoms. The number of aryl methyl sites for hydroxylation is 2. The number of thiocarbonyl (C=S) groups is 1. The van der Waals surface area contributed by atoms with E-state index in [1.165, 1.54) is 12.5 Å². The molecule has 0 radical (unpaired) electrons. The minimum atomic E-state index is -0.240. The molecule has 0 heterocycles. The summed E-state index contributed by atoms with van der Waals surface area (Å²) in [6, 6.07) is 11.9. The fourth-order valence-electron chi connectivity index (χ4n) is 3.74. The normalized spacial score (nSPS) is 14.8. The second kappa shape index (κ2) is 10.4. The molecule has 1 atom stereocenters.